The van der Waals surface area contributed by atoms with Crippen molar-refractivity contribution in [2.75, 3.05) is 39.9 Å². The normalized spacial score (nSPS) is 19.3. The molecule has 1 aliphatic heterocycles. The van der Waals surface area contributed by atoms with Crippen molar-refractivity contribution in [3.63, 3.8) is 0 Å². The molecule has 0 bridgehead atoms. The van der Waals surface area contributed by atoms with Crippen LogP contribution < -0.4 is 5.32 Å². The smallest absolute Gasteiger partial charge is 0.289 e. The van der Waals surface area contributed by atoms with Gasteiger partial charge in [0.2, 0.25) is 0 Å². The average Bonchev–Trinajstić information content (AvgIpc) is 3.19. The number of benzene rings is 1. The monoisotopic (exact) mass is 488 g/mol. The van der Waals surface area contributed by atoms with Crippen molar-refractivity contribution >= 4 is 41.8 Å². The molecule has 1 amide bonds. The number of aromatic nitrogens is 2. The third-order valence-corrected chi connectivity index (χ3v) is 5.94. The molecule has 2 heterocycles. The third-order valence-electron chi connectivity index (χ3n) is 5.94. The Labute approximate surface area is 203 Å². The van der Waals surface area contributed by atoms with Gasteiger partial charge in [-0.05, 0) is 49.1 Å². The van der Waals surface area contributed by atoms with E-state index in [1.54, 1.807) is 7.11 Å². The summed E-state index contributed by atoms with van der Waals surface area (Å²) in [7, 11) is 1.76. The Hall–Kier alpha value is -1.38. The van der Waals surface area contributed by atoms with Gasteiger partial charge in [-0.1, -0.05) is 26.0 Å². The molecule has 1 saturated heterocycles. The van der Waals surface area contributed by atoms with Crippen molar-refractivity contribution in [2.45, 2.75) is 39.2 Å². The maximum Gasteiger partial charge on any atom is 0.289 e. The van der Waals surface area contributed by atoms with E-state index in [0.717, 1.165) is 43.4 Å². The van der Waals surface area contributed by atoms with Gasteiger partial charge >= 0.3 is 0 Å². The number of H-pyrrole nitrogens is 1. The number of imidazole rings is 1. The maximum absolute atomic E-state index is 13.1. The Morgan fingerprint density at radius 1 is 1.28 bits per heavy atom. The van der Waals surface area contributed by atoms with E-state index in [2.05, 4.69) is 29.1 Å². The molecule has 0 spiro atoms. The zero-order valence-electron chi connectivity index (χ0n) is 19.3. The maximum atomic E-state index is 13.1. The van der Waals surface area contributed by atoms with Crippen LogP contribution in [-0.4, -0.2) is 71.9 Å². The second-order valence-electron chi connectivity index (χ2n) is 8.87. The predicted molar refractivity (Wildman–Crippen MR) is 133 cm³/mol. The molecule has 0 aliphatic carbocycles. The average molecular weight is 489 g/mol. The van der Waals surface area contributed by atoms with Crippen LogP contribution in [0.3, 0.4) is 0 Å². The van der Waals surface area contributed by atoms with Gasteiger partial charge in [-0.15, -0.1) is 24.8 Å². The molecule has 32 heavy (non-hydrogen) atoms. The number of ether oxygens (including phenoxy) is 1. The lowest BCUT2D eigenvalue weighted by atomic mass is 9.85. The third kappa shape index (κ3) is 7.59. The van der Waals surface area contributed by atoms with Gasteiger partial charge in [-0.2, -0.15) is 0 Å². The minimum absolute atomic E-state index is 0. The van der Waals surface area contributed by atoms with Crippen molar-refractivity contribution in [1.29, 1.82) is 0 Å². The van der Waals surface area contributed by atoms with Crippen LogP contribution in [0.2, 0.25) is 0 Å². The summed E-state index contributed by atoms with van der Waals surface area (Å²) >= 11 is 0. The van der Waals surface area contributed by atoms with Gasteiger partial charge in [0.15, 0.2) is 5.82 Å². The largest absolute Gasteiger partial charge is 0.396 e. The quantitative estimate of drug-likeness (QED) is 0.475. The number of nitrogens with zero attached hydrogens (tertiary/aromatic N) is 2. The minimum atomic E-state index is -0.0476. The summed E-state index contributed by atoms with van der Waals surface area (Å²) in [5, 5.41) is 12.9. The number of carbonyl (C=O) groups is 1. The Balaban J connectivity index is 0.00000256. The molecular weight excluding hydrogens is 451 g/mol. The standard InChI is InChI=1S/C23H36N4O3.2ClH/c1-16(2)14-27(23(29)22-25-19-7-4-5-8-20(19)26-22)10-6-9-21(30-3)18-11-17(15-28)12-24-13-18;;/h4-5,7-8,16-18,21,24,28H,6,9-15H2,1-3H3,(H,25,26);2*1H/t17-,18+,21?;;/m1../s1. The molecule has 1 fully saturated rings. The number of amides is 1. The summed E-state index contributed by atoms with van der Waals surface area (Å²) in [6.07, 6.45) is 2.88. The topological polar surface area (TPSA) is 90.5 Å². The first-order valence-electron chi connectivity index (χ1n) is 11.1. The van der Waals surface area contributed by atoms with E-state index >= 15 is 0 Å². The molecule has 0 radical (unpaired) electrons. The molecule has 3 rings (SSSR count). The van der Waals surface area contributed by atoms with Crippen molar-refractivity contribution in [3.8, 4) is 0 Å². The number of hydrogen-bond acceptors (Lipinski definition) is 5. The first kappa shape index (κ1) is 28.7. The highest BCUT2D eigenvalue weighted by atomic mass is 35.5. The summed E-state index contributed by atoms with van der Waals surface area (Å²) in [6, 6.07) is 7.71. The summed E-state index contributed by atoms with van der Waals surface area (Å²) in [5.41, 5.74) is 1.70. The Morgan fingerprint density at radius 3 is 2.69 bits per heavy atom. The van der Waals surface area contributed by atoms with E-state index in [1.807, 2.05) is 29.2 Å². The number of fused-ring (bicyclic) bond motifs is 1. The number of piperidine rings is 1. The number of aromatic amines is 1. The molecular formula is C23H38Cl2N4O3. The van der Waals surface area contributed by atoms with Crippen LogP contribution in [0.1, 0.15) is 43.7 Å². The van der Waals surface area contributed by atoms with Gasteiger partial charge in [0.05, 0.1) is 17.1 Å². The van der Waals surface area contributed by atoms with Crippen LogP contribution in [0.5, 0.6) is 0 Å². The van der Waals surface area contributed by atoms with Gasteiger partial charge in [-0.25, -0.2) is 4.98 Å². The lowest BCUT2D eigenvalue weighted by Crippen LogP contribution is -2.43. The highest BCUT2D eigenvalue weighted by Gasteiger charge is 2.28. The van der Waals surface area contributed by atoms with E-state index < -0.39 is 0 Å². The summed E-state index contributed by atoms with van der Waals surface area (Å²) < 4.78 is 5.79. The molecule has 0 saturated carbocycles. The Morgan fingerprint density at radius 2 is 2.03 bits per heavy atom. The zero-order chi connectivity index (χ0) is 21.5. The van der Waals surface area contributed by atoms with E-state index in [9.17, 15) is 9.90 Å². The molecule has 9 heteroatoms. The predicted octanol–water partition coefficient (Wildman–Crippen LogP) is 3.52. The fourth-order valence-corrected chi connectivity index (χ4v) is 4.44. The molecule has 1 unspecified atom stereocenters. The fourth-order valence-electron chi connectivity index (χ4n) is 4.44. The van der Waals surface area contributed by atoms with Crippen LogP contribution in [0.15, 0.2) is 24.3 Å². The minimum Gasteiger partial charge on any atom is -0.396 e. The summed E-state index contributed by atoms with van der Waals surface area (Å²) in [5.74, 6) is 1.43. The van der Waals surface area contributed by atoms with Gasteiger partial charge in [-0.3, -0.25) is 4.79 Å². The van der Waals surface area contributed by atoms with Crippen LogP contribution >= 0.6 is 24.8 Å². The molecule has 182 valence electrons. The molecule has 3 atom stereocenters. The summed E-state index contributed by atoms with van der Waals surface area (Å²) in [4.78, 5) is 22.7. The van der Waals surface area contributed by atoms with Gasteiger partial charge < -0.3 is 25.0 Å². The first-order chi connectivity index (χ1) is 14.5. The van der Waals surface area contributed by atoms with Gasteiger partial charge in [0, 0.05) is 39.9 Å². The van der Waals surface area contributed by atoms with Crippen LogP contribution in [0.4, 0.5) is 0 Å². The van der Waals surface area contributed by atoms with Crippen molar-refractivity contribution in [3.05, 3.63) is 30.1 Å². The highest BCUT2D eigenvalue weighted by Crippen LogP contribution is 2.24. The van der Waals surface area contributed by atoms with Gasteiger partial charge in [0.1, 0.15) is 0 Å². The van der Waals surface area contributed by atoms with E-state index in [0.29, 0.717) is 36.7 Å². The number of halogens is 2. The molecule has 3 N–H and O–H groups in total. The number of methoxy groups -OCH3 is 1. The Kier molecular flexibility index (Phi) is 12.5. The number of aliphatic hydroxyl groups excluding tert-OH is 1. The second-order valence-corrected chi connectivity index (χ2v) is 8.87. The second kappa shape index (κ2) is 14.0. The van der Waals surface area contributed by atoms with E-state index in [1.165, 1.54) is 0 Å². The lowest BCUT2D eigenvalue weighted by Gasteiger charge is -2.34. The van der Waals surface area contributed by atoms with Crippen molar-refractivity contribution < 1.29 is 14.6 Å². The lowest BCUT2D eigenvalue weighted by molar-refractivity contribution is 0.0170. The number of nitrogens with one attached hydrogen (secondary N) is 2. The van der Waals surface area contributed by atoms with Gasteiger partial charge in [0.25, 0.3) is 5.91 Å². The van der Waals surface area contributed by atoms with Crippen LogP contribution in [0, 0.1) is 17.8 Å². The number of aliphatic hydroxyl groups is 1. The molecule has 1 aromatic carbocycles. The number of hydrogen-bond donors (Lipinski definition) is 3. The zero-order valence-corrected chi connectivity index (χ0v) is 20.9. The van der Waals surface area contributed by atoms with Crippen molar-refractivity contribution in [2.24, 2.45) is 17.8 Å². The van der Waals surface area contributed by atoms with E-state index in [4.69, 9.17) is 4.74 Å². The molecule has 7 nitrogen and oxygen atoms in total. The SMILES string of the molecule is COC(CCCN(CC(C)C)C(=O)c1nc2ccccc2[nH]1)[C@@H]1CNC[C@H](CO)C1.Cl.Cl. The Bertz CT molecular complexity index is 784. The summed E-state index contributed by atoms with van der Waals surface area (Å²) in [6.45, 7) is 7.64. The van der Waals surface area contributed by atoms with Crippen LogP contribution in [0.25, 0.3) is 11.0 Å². The molecule has 1 aliphatic rings. The van der Waals surface area contributed by atoms with Crippen LogP contribution in [-0.2, 0) is 4.74 Å². The van der Waals surface area contributed by atoms with Crippen molar-refractivity contribution in [1.82, 2.24) is 20.2 Å². The molecule has 2 aromatic rings. The first-order valence-corrected chi connectivity index (χ1v) is 11.1. The number of carbonyl (C=O) groups excluding carboxylic acids is 1. The fraction of sp³-hybridized carbons (Fsp3) is 0.652. The number of para-hydroxylation sites is 2. The highest BCUT2D eigenvalue weighted by molar-refractivity contribution is 5.94. The molecule has 1 aromatic heterocycles. The number of rotatable bonds is 10. The van der Waals surface area contributed by atoms with E-state index in [-0.39, 0.29) is 43.4 Å².